The topological polar surface area (TPSA) is 57.4 Å². The molecule has 0 saturated heterocycles. The maximum atomic E-state index is 15.5. The summed E-state index contributed by atoms with van der Waals surface area (Å²) in [7, 11) is 0. The van der Waals surface area contributed by atoms with Gasteiger partial charge in [0.2, 0.25) is 0 Å². The van der Waals surface area contributed by atoms with Gasteiger partial charge in [-0.05, 0) is 24.3 Å². The van der Waals surface area contributed by atoms with Crippen LogP contribution in [0.25, 0.3) is 88.6 Å². The van der Waals surface area contributed by atoms with Crippen molar-refractivity contribution in [2.24, 2.45) is 0 Å². The third-order valence-electron chi connectivity index (χ3n) is 9.32. The largest absolute Gasteiger partial charge is 0.354 e. The Morgan fingerprint density at radius 3 is 0.625 bits per heavy atom. The minimum Gasteiger partial charge on any atom is -0.354 e. The summed E-state index contributed by atoms with van der Waals surface area (Å²) in [6, 6.07) is 1.79. The molecule has 4 nitrogen and oxygen atoms in total. The smallest absolute Gasteiger partial charge is 0.198 e. The average Bonchev–Trinajstić information content (AvgIpc) is 3.92. The van der Waals surface area contributed by atoms with Crippen LogP contribution in [0.5, 0.6) is 0 Å². The molecule has 0 saturated carbocycles. The van der Waals surface area contributed by atoms with Crippen LogP contribution in [0, 0.1) is 93.1 Å². The Morgan fingerprint density at radius 1 is 0.250 bits per heavy atom. The number of hydrogen-bond acceptors (Lipinski definition) is 2. The molecule has 20 heteroatoms. The van der Waals surface area contributed by atoms with E-state index in [1.165, 1.54) is 0 Å². The van der Waals surface area contributed by atoms with Crippen molar-refractivity contribution < 1.29 is 70.2 Å². The van der Waals surface area contributed by atoms with Crippen molar-refractivity contribution in [1.82, 2.24) is 19.9 Å². The number of nitrogens with zero attached hydrogens (tertiary/aromatic N) is 2. The number of hydrogen-bond donors (Lipinski definition) is 2. The number of benzene rings is 4. The molecule has 2 aliphatic rings. The summed E-state index contributed by atoms with van der Waals surface area (Å²) in [5, 5.41) is -4.99. The first kappa shape index (κ1) is 35.1. The molecule has 3 aromatic heterocycles. The zero-order valence-corrected chi connectivity index (χ0v) is 26.3. The van der Waals surface area contributed by atoms with Gasteiger partial charge in [0, 0.05) is 21.5 Å². The number of halogens is 16. The molecule has 56 heavy (non-hydrogen) atoms. The molecule has 0 unspecified atom stereocenters. The Balaban J connectivity index is 1.61. The molecule has 0 spiro atoms. The van der Waals surface area contributed by atoms with E-state index in [1.807, 2.05) is 0 Å². The summed E-state index contributed by atoms with van der Waals surface area (Å²) in [6.07, 6.45) is 0. The lowest BCUT2D eigenvalue weighted by atomic mass is 10.0. The van der Waals surface area contributed by atoms with Crippen LogP contribution in [-0.2, 0) is 0 Å². The van der Waals surface area contributed by atoms with E-state index >= 15 is 35.1 Å². The lowest BCUT2D eigenvalue weighted by Gasteiger charge is -2.06. The van der Waals surface area contributed by atoms with Gasteiger partial charge in [0.15, 0.2) is 93.1 Å². The van der Waals surface area contributed by atoms with E-state index in [2.05, 4.69) is 19.9 Å². The number of rotatable bonds is 0. The van der Waals surface area contributed by atoms with Crippen molar-refractivity contribution in [3.05, 3.63) is 117 Å². The predicted octanol–water partition coefficient (Wildman–Crippen LogP) is 11.5. The summed E-state index contributed by atoms with van der Waals surface area (Å²) in [4.78, 5) is 12.1. The van der Waals surface area contributed by atoms with Gasteiger partial charge < -0.3 is 9.97 Å². The fourth-order valence-corrected chi connectivity index (χ4v) is 6.92. The maximum Gasteiger partial charge on any atom is 0.198 e. The molecule has 9 rings (SSSR count). The van der Waals surface area contributed by atoms with E-state index in [0.717, 1.165) is 0 Å². The van der Waals surface area contributed by atoms with Gasteiger partial charge in [-0.25, -0.2) is 80.2 Å². The number of fused-ring (bicyclic) bond motifs is 20. The van der Waals surface area contributed by atoms with Gasteiger partial charge in [-0.2, -0.15) is 0 Å². The van der Waals surface area contributed by atoms with Crippen molar-refractivity contribution in [1.29, 1.82) is 0 Å². The van der Waals surface area contributed by atoms with Gasteiger partial charge in [0.05, 0.1) is 67.1 Å². The average molecular weight is 798 g/mol. The molecule has 0 fully saturated rings. The molecule has 0 amide bonds. The molecule has 5 heterocycles. The predicted molar refractivity (Wildman–Crippen MR) is 164 cm³/mol. The van der Waals surface area contributed by atoms with Gasteiger partial charge in [-0.15, -0.1) is 0 Å². The third kappa shape index (κ3) is 4.34. The highest BCUT2D eigenvalue weighted by atomic mass is 19.2. The molecule has 4 aromatic carbocycles. The van der Waals surface area contributed by atoms with Crippen LogP contribution in [0.3, 0.4) is 0 Å². The summed E-state index contributed by atoms with van der Waals surface area (Å²) in [5.74, 6) is -36.9. The Kier molecular flexibility index (Phi) is 7.19. The first-order valence-electron chi connectivity index (χ1n) is 15.2. The zero-order chi connectivity index (χ0) is 40.1. The van der Waals surface area contributed by atoms with Gasteiger partial charge in [0.25, 0.3) is 0 Å². The highest BCUT2D eigenvalue weighted by Crippen LogP contribution is 2.46. The Morgan fingerprint density at radius 2 is 0.429 bits per heavy atom. The SMILES string of the molecule is Fc1c(F)c(F)c2c(c1F)-c1cc3[nH]c(cc4nc(cc5[nH]c(cc-2n1)c1c(F)c(F)c(F)c(F)c51)-c1c(F)c(F)c(F)c(F)c1-4)c1c(F)c(F)c(F)c(F)c31. The van der Waals surface area contributed by atoms with E-state index < -0.39 is 182 Å². The highest BCUT2D eigenvalue weighted by molar-refractivity contribution is 6.11. The quantitative estimate of drug-likeness (QED) is 0.0912. The second-order valence-corrected chi connectivity index (χ2v) is 12.3. The minimum atomic E-state index is -2.44. The van der Waals surface area contributed by atoms with Gasteiger partial charge >= 0.3 is 0 Å². The van der Waals surface area contributed by atoms with Crippen LogP contribution in [0.4, 0.5) is 70.2 Å². The minimum absolute atomic E-state index is 0.448. The van der Waals surface area contributed by atoms with E-state index in [9.17, 15) is 35.1 Å². The van der Waals surface area contributed by atoms with Gasteiger partial charge in [-0.1, -0.05) is 0 Å². The van der Waals surface area contributed by atoms with Gasteiger partial charge in [-0.3, -0.25) is 0 Å². The molecular weight excluding hydrogens is 792 g/mol. The van der Waals surface area contributed by atoms with E-state index in [4.69, 9.17) is 0 Å². The molecule has 282 valence electrons. The van der Waals surface area contributed by atoms with Crippen LogP contribution in [0.2, 0.25) is 0 Å². The van der Waals surface area contributed by atoms with Crippen molar-refractivity contribution >= 4 is 43.6 Å². The molecule has 2 N–H and O–H groups in total. The molecule has 7 aromatic rings. The first-order chi connectivity index (χ1) is 26.4. The lowest BCUT2D eigenvalue weighted by Crippen LogP contribution is -2.00. The molecular formula is C36H6F16N4. The summed E-state index contributed by atoms with van der Waals surface area (Å²) in [6.45, 7) is 0. The van der Waals surface area contributed by atoms with Crippen molar-refractivity contribution in [3.8, 4) is 45.0 Å². The number of nitrogens with one attached hydrogen (secondary N) is 2. The van der Waals surface area contributed by atoms with Crippen LogP contribution in [0.1, 0.15) is 0 Å². The Labute approximate surface area is 296 Å². The van der Waals surface area contributed by atoms with Crippen molar-refractivity contribution in [3.63, 3.8) is 0 Å². The number of aromatic amines is 2. The standard InChI is InChI=1S/C36H6F16N4/c37-21-13-5-1-6-14-16(24(40)32(48)30(46)22(14)38)8(54-6)3-10-18-20(28(44)36(52)34(50)26(18)42)12(56-10)4-11-19-17(25(41)33(49)35(51)27(19)43)9(55-11)2-7(53-5)15(13)23(39)31(47)29(21)45/h1-4,53,56H. The highest BCUT2D eigenvalue weighted by Gasteiger charge is 2.35. The molecule has 0 aliphatic carbocycles. The normalized spacial score (nSPS) is 12.3. The maximum absolute atomic E-state index is 15.5. The first-order valence-corrected chi connectivity index (χ1v) is 15.2. The van der Waals surface area contributed by atoms with Crippen molar-refractivity contribution in [2.45, 2.75) is 0 Å². The third-order valence-corrected chi connectivity index (χ3v) is 9.32. The molecule has 2 aliphatic heterocycles. The van der Waals surface area contributed by atoms with Gasteiger partial charge in [0.1, 0.15) is 0 Å². The van der Waals surface area contributed by atoms with E-state index in [1.54, 1.807) is 0 Å². The second-order valence-electron chi connectivity index (χ2n) is 12.3. The number of H-pyrrole nitrogens is 2. The Hall–Kier alpha value is -6.60. The van der Waals surface area contributed by atoms with E-state index in [0.29, 0.717) is 24.3 Å². The molecule has 8 bridgehead atoms. The monoisotopic (exact) mass is 798 g/mol. The molecule has 0 radical (unpaired) electrons. The molecule has 0 atom stereocenters. The zero-order valence-electron chi connectivity index (χ0n) is 26.3. The van der Waals surface area contributed by atoms with Crippen LogP contribution < -0.4 is 0 Å². The van der Waals surface area contributed by atoms with Crippen LogP contribution >= 0.6 is 0 Å². The fourth-order valence-electron chi connectivity index (χ4n) is 6.92. The number of aromatic nitrogens is 4. The second kappa shape index (κ2) is 11.5. The summed E-state index contributed by atoms with van der Waals surface area (Å²) in [5.41, 5.74) is -12.9. The summed E-state index contributed by atoms with van der Waals surface area (Å²) >= 11 is 0. The lowest BCUT2D eigenvalue weighted by molar-refractivity contribution is 0.413. The summed E-state index contributed by atoms with van der Waals surface area (Å²) < 4.78 is 241. The van der Waals surface area contributed by atoms with Crippen molar-refractivity contribution in [2.75, 3.05) is 0 Å². The van der Waals surface area contributed by atoms with Crippen LogP contribution in [0.15, 0.2) is 24.3 Å². The fraction of sp³-hybridized carbons (Fsp3) is 0. The van der Waals surface area contributed by atoms with E-state index in [-0.39, 0.29) is 0 Å². The van der Waals surface area contributed by atoms with Crippen LogP contribution in [-0.4, -0.2) is 19.9 Å². The Bertz CT molecular complexity index is 2810.